The van der Waals surface area contributed by atoms with Crippen molar-refractivity contribution in [1.29, 1.82) is 0 Å². The van der Waals surface area contributed by atoms with E-state index in [1.54, 1.807) is 24.3 Å². The van der Waals surface area contributed by atoms with Crippen LogP contribution in [0.5, 0.6) is 5.75 Å². The summed E-state index contributed by atoms with van der Waals surface area (Å²) in [7, 11) is 0. The van der Waals surface area contributed by atoms with Gasteiger partial charge in [0.25, 0.3) is 0 Å². The van der Waals surface area contributed by atoms with Crippen molar-refractivity contribution in [1.82, 2.24) is 5.41 Å². The maximum absolute atomic E-state index is 8.83. The molecule has 0 aliphatic rings. The number of phenols is 1. The van der Waals surface area contributed by atoms with Crippen molar-refractivity contribution in [2.24, 2.45) is 0 Å². The number of aromatic hydroxyl groups is 1. The molecule has 0 fully saturated rings. The summed E-state index contributed by atoms with van der Waals surface area (Å²) in [4.78, 5) is 0. The Morgan fingerprint density at radius 3 is 2.40 bits per heavy atom. The molecular formula is C8H6NO. The van der Waals surface area contributed by atoms with Gasteiger partial charge in [-0.2, -0.15) is 0 Å². The summed E-state index contributed by atoms with van der Waals surface area (Å²) in [6, 6.07) is 6.45. The van der Waals surface area contributed by atoms with Crippen molar-refractivity contribution in [3.05, 3.63) is 29.8 Å². The van der Waals surface area contributed by atoms with Crippen LogP contribution in [-0.4, -0.2) is 11.0 Å². The Labute approximate surface area is 59.0 Å². The average molecular weight is 132 g/mol. The third-order valence-corrected chi connectivity index (χ3v) is 1.12. The molecule has 1 N–H and O–H groups in total. The van der Waals surface area contributed by atoms with Crippen molar-refractivity contribution in [2.45, 2.75) is 0 Å². The summed E-state index contributed by atoms with van der Waals surface area (Å²) in [6.07, 6.45) is 1.42. The molecule has 2 nitrogen and oxygen atoms in total. The summed E-state index contributed by atoms with van der Waals surface area (Å²) >= 11 is 0. The van der Waals surface area contributed by atoms with E-state index < -0.39 is 0 Å². The van der Waals surface area contributed by atoms with Gasteiger partial charge in [-0.25, -0.2) is 0 Å². The first-order chi connectivity index (χ1) is 4.83. The summed E-state index contributed by atoms with van der Waals surface area (Å²) in [6.45, 7) is 0. The molecule has 10 heavy (non-hydrogen) atoms. The minimum Gasteiger partial charge on any atom is -0.508 e. The molecule has 1 aromatic carbocycles. The van der Waals surface area contributed by atoms with Crippen LogP contribution in [0.4, 0.5) is 0 Å². The molecule has 0 saturated heterocycles. The van der Waals surface area contributed by atoms with Crippen molar-refractivity contribution in [3.63, 3.8) is 0 Å². The first-order valence-electron chi connectivity index (χ1n) is 2.85. The number of phenolic OH excluding ortho intramolecular Hbond substituents is 1. The summed E-state index contributed by atoms with van der Waals surface area (Å²) in [5.41, 5.74) is 0.806. The average Bonchev–Trinajstić information content (AvgIpc) is 1.95. The molecular weight excluding hydrogens is 126 g/mol. The lowest BCUT2D eigenvalue weighted by Gasteiger charge is -1.90. The second-order valence-electron chi connectivity index (χ2n) is 1.86. The largest absolute Gasteiger partial charge is 0.508 e. The smallest absolute Gasteiger partial charge is 0.115 e. The minimum atomic E-state index is 0.218. The zero-order chi connectivity index (χ0) is 7.40. The van der Waals surface area contributed by atoms with Crippen LogP contribution >= 0.6 is 0 Å². The number of hydrogen-bond acceptors (Lipinski definition) is 1. The molecule has 0 bridgehead atoms. The summed E-state index contributed by atoms with van der Waals surface area (Å²) in [5.74, 6) is 2.11. The van der Waals surface area contributed by atoms with E-state index in [4.69, 9.17) is 10.5 Å². The quantitative estimate of drug-likeness (QED) is 0.566. The predicted octanol–water partition coefficient (Wildman–Crippen LogP) is 0.875. The van der Waals surface area contributed by atoms with Crippen LogP contribution in [-0.2, 0) is 0 Å². The number of nitrogens with zero attached hydrogens (tertiary/aromatic N) is 1. The maximum atomic E-state index is 8.83. The highest BCUT2D eigenvalue weighted by molar-refractivity contribution is 5.76. The Kier molecular flexibility index (Phi) is 1.88. The molecule has 1 rings (SSSR count). The van der Waals surface area contributed by atoms with Gasteiger partial charge in [0.15, 0.2) is 0 Å². The summed E-state index contributed by atoms with van der Waals surface area (Å²) in [5, 5.41) is 17.0. The molecule has 2 heteroatoms. The normalized spacial score (nSPS) is 8.40. The fourth-order valence-corrected chi connectivity index (χ4v) is 0.645. The standard InChI is InChI=1S/C8H6NO/c9-6-5-7-1-3-8(10)4-2-7/h1-5,10H. The highest BCUT2D eigenvalue weighted by atomic mass is 16.3. The number of rotatable bonds is 1. The van der Waals surface area contributed by atoms with Gasteiger partial charge in [0, 0.05) is 11.9 Å². The van der Waals surface area contributed by atoms with Gasteiger partial charge >= 0.3 is 0 Å². The van der Waals surface area contributed by atoms with E-state index >= 15 is 0 Å². The van der Waals surface area contributed by atoms with Gasteiger partial charge in [-0.1, -0.05) is 17.5 Å². The fourth-order valence-electron chi connectivity index (χ4n) is 0.645. The maximum Gasteiger partial charge on any atom is 0.115 e. The lowest BCUT2D eigenvalue weighted by Crippen LogP contribution is -1.69. The van der Waals surface area contributed by atoms with E-state index in [-0.39, 0.29) is 5.75 Å². The van der Waals surface area contributed by atoms with E-state index in [1.165, 1.54) is 6.08 Å². The lowest BCUT2D eigenvalue weighted by molar-refractivity contribution is 0.475. The van der Waals surface area contributed by atoms with E-state index in [2.05, 4.69) is 0 Å². The Morgan fingerprint density at radius 1 is 1.30 bits per heavy atom. The summed E-state index contributed by atoms with van der Waals surface area (Å²) < 4.78 is 0. The molecule has 0 spiro atoms. The van der Waals surface area contributed by atoms with Crippen molar-refractivity contribution in [3.8, 4) is 5.75 Å². The van der Waals surface area contributed by atoms with Gasteiger partial charge in [0.2, 0.25) is 0 Å². The van der Waals surface area contributed by atoms with Crippen LogP contribution in [0.3, 0.4) is 0 Å². The third-order valence-electron chi connectivity index (χ3n) is 1.12. The Hall–Kier alpha value is -1.53. The zero-order valence-electron chi connectivity index (χ0n) is 5.28. The molecule has 0 aliphatic carbocycles. The van der Waals surface area contributed by atoms with Crippen molar-refractivity contribution >= 4 is 11.9 Å². The Balaban J connectivity index is 3.00. The molecule has 0 unspecified atom stereocenters. The van der Waals surface area contributed by atoms with E-state index in [0.717, 1.165) is 5.56 Å². The van der Waals surface area contributed by atoms with Gasteiger partial charge in [-0.15, -0.1) is 0 Å². The van der Waals surface area contributed by atoms with Crippen LogP contribution < -0.4 is 5.41 Å². The van der Waals surface area contributed by atoms with E-state index in [9.17, 15) is 0 Å². The highest BCUT2D eigenvalue weighted by Crippen LogP contribution is 2.09. The van der Waals surface area contributed by atoms with Crippen molar-refractivity contribution < 1.29 is 5.11 Å². The monoisotopic (exact) mass is 132 g/mol. The van der Waals surface area contributed by atoms with Gasteiger partial charge in [0.1, 0.15) is 5.75 Å². The zero-order valence-corrected chi connectivity index (χ0v) is 5.28. The Bertz CT molecular complexity index is 257. The topological polar surface area (TPSA) is 42.5 Å². The third kappa shape index (κ3) is 1.47. The van der Waals surface area contributed by atoms with Crippen LogP contribution in [0.25, 0.3) is 6.08 Å². The van der Waals surface area contributed by atoms with Gasteiger partial charge in [0.05, 0.1) is 0 Å². The van der Waals surface area contributed by atoms with Crippen LogP contribution in [0.2, 0.25) is 0 Å². The lowest BCUT2D eigenvalue weighted by atomic mass is 10.2. The second kappa shape index (κ2) is 2.85. The minimum absolute atomic E-state index is 0.218. The number of benzene rings is 1. The molecule has 0 aromatic heterocycles. The molecule has 0 saturated carbocycles. The second-order valence-corrected chi connectivity index (χ2v) is 1.86. The first kappa shape index (κ1) is 6.59. The molecule has 0 amide bonds. The fraction of sp³-hybridized carbons (Fsp3) is 0. The van der Waals surface area contributed by atoms with Gasteiger partial charge in [-0.05, 0) is 17.7 Å². The van der Waals surface area contributed by atoms with Crippen molar-refractivity contribution in [2.75, 3.05) is 0 Å². The molecule has 1 aromatic rings. The van der Waals surface area contributed by atoms with Crippen LogP contribution in [0.15, 0.2) is 24.3 Å². The van der Waals surface area contributed by atoms with Gasteiger partial charge < -0.3 is 5.11 Å². The van der Waals surface area contributed by atoms with E-state index in [0.29, 0.717) is 0 Å². The van der Waals surface area contributed by atoms with Gasteiger partial charge in [-0.3, -0.25) is 0 Å². The predicted molar refractivity (Wildman–Crippen MR) is 39.7 cm³/mol. The molecule has 0 heterocycles. The number of hydrogen-bond donors (Lipinski definition) is 1. The highest BCUT2D eigenvalue weighted by Gasteiger charge is 1.85. The first-order valence-corrected chi connectivity index (χ1v) is 2.85. The molecule has 49 valence electrons. The Morgan fingerprint density at radius 2 is 1.90 bits per heavy atom. The van der Waals surface area contributed by atoms with Crippen LogP contribution in [0.1, 0.15) is 5.56 Å². The van der Waals surface area contributed by atoms with E-state index in [1.807, 2.05) is 5.87 Å². The van der Waals surface area contributed by atoms with Crippen LogP contribution in [0, 0.1) is 0 Å². The molecule has 0 aliphatic heterocycles. The molecule has 0 atom stereocenters. The molecule has 1 radical (unpaired) electrons. The SMILES string of the molecule is [N]=C=Cc1ccc(O)cc1.